The van der Waals surface area contributed by atoms with Crippen molar-refractivity contribution in [3.63, 3.8) is 0 Å². The Kier molecular flexibility index (Phi) is 6.38. The Hall–Kier alpha value is -4.46. The number of para-hydroxylation sites is 2. The number of nitrogens with zero attached hydrogens (tertiary/aromatic N) is 2. The molecule has 2 atom stereocenters. The minimum absolute atomic E-state index is 0.0316. The van der Waals surface area contributed by atoms with Crippen molar-refractivity contribution in [1.82, 2.24) is 14.8 Å². The van der Waals surface area contributed by atoms with Gasteiger partial charge in [0.1, 0.15) is 17.8 Å². The van der Waals surface area contributed by atoms with Gasteiger partial charge in [0.25, 0.3) is 0 Å². The fraction of sp³-hybridized carbons (Fsp3) is 0.290. The molecular formula is C31H31N3O5. The first-order chi connectivity index (χ1) is 19.0. The molecule has 200 valence electrons. The third kappa shape index (κ3) is 4.16. The Morgan fingerprint density at radius 1 is 0.872 bits per heavy atom. The van der Waals surface area contributed by atoms with Gasteiger partial charge in [-0.3, -0.25) is 9.59 Å². The van der Waals surface area contributed by atoms with E-state index in [4.69, 9.17) is 14.2 Å². The lowest BCUT2D eigenvalue weighted by atomic mass is 9.86. The summed E-state index contributed by atoms with van der Waals surface area (Å²) in [5, 5.41) is 1.08. The zero-order chi connectivity index (χ0) is 27.1. The monoisotopic (exact) mass is 525 g/mol. The molecule has 3 aromatic carbocycles. The topological polar surface area (TPSA) is 84.1 Å². The number of fused-ring (bicyclic) bond motifs is 4. The molecule has 6 rings (SSSR count). The second kappa shape index (κ2) is 10.0. The van der Waals surface area contributed by atoms with Crippen LogP contribution in [0.2, 0.25) is 0 Å². The predicted molar refractivity (Wildman–Crippen MR) is 147 cm³/mol. The number of aromatic amines is 1. The smallest absolute Gasteiger partial charge is 0.246 e. The quantitative estimate of drug-likeness (QED) is 0.393. The van der Waals surface area contributed by atoms with Crippen molar-refractivity contribution in [3.8, 4) is 17.2 Å². The summed E-state index contributed by atoms with van der Waals surface area (Å²) in [6, 6.07) is 20.5. The van der Waals surface area contributed by atoms with Gasteiger partial charge in [-0.2, -0.15) is 0 Å². The van der Waals surface area contributed by atoms with Gasteiger partial charge in [0.05, 0.1) is 27.9 Å². The lowest BCUT2D eigenvalue weighted by Gasteiger charge is -2.47. The molecular weight excluding hydrogens is 494 g/mol. The molecule has 0 bridgehead atoms. The zero-order valence-corrected chi connectivity index (χ0v) is 22.3. The van der Waals surface area contributed by atoms with E-state index in [1.807, 2.05) is 60.7 Å². The molecule has 1 fully saturated rings. The van der Waals surface area contributed by atoms with Crippen molar-refractivity contribution in [2.75, 3.05) is 34.4 Å². The van der Waals surface area contributed by atoms with Crippen LogP contribution < -0.4 is 14.2 Å². The first-order valence-electron chi connectivity index (χ1n) is 13.1. The van der Waals surface area contributed by atoms with Crippen LogP contribution in [0.1, 0.15) is 28.4 Å². The maximum absolute atomic E-state index is 14.0. The van der Waals surface area contributed by atoms with Gasteiger partial charge in [-0.05, 0) is 41.8 Å². The van der Waals surface area contributed by atoms with E-state index in [1.54, 1.807) is 31.1 Å². The largest absolute Gasteiger partial charge is 0.496 e. The Bertz CT molecular complexity index is 1560. The van der Waals surface area contributed by atoms with Crippen LogP contribution in [0.5, 0.6) is 17.2 Å². The highest BCUT2D eigenvalue weighted by molar-refractivity contribution is 5.97. The molecule has 0 saturated carbocycles. The standard InChI is InChI=1S/C31H31N3O5/c1-37-25-11-7-5-9-21(25)30-29-22(20-8-4-6-10-23(20)32-29)17-24-31(36)33(18-28(35)34(24)30)15-14-19-12-13-26(38-2)27(16-19)39-3/h4-13,16,24,30,32H,14-15,17-18H2,1-3H3/t24-,30-/m0/s1. The number of benzene rings is 3. The lowest BCUT2D eigenvalue weighted by Crippen LogP contribution is -2.63. The molecule has 8 nitrogen and oxygen atoms in total. The molecule has 0 radical (unpaired) electrons. The first-order valence-corrected chi connectivity index (χ1v) is 13.1. The molecule has 1 aromatic heterocycles. The molecule has 8 heteroatoms. The highest BCUT2D eigenvalue weighted by Crippen LogP contribution is 2.44. The van der Waals surface area contributed by atoms with E-state index in [9.17, 15) is 9.59 Å². The summed E-state index contributed by atoms with van der Waals surface area (Å²) in [6.07, 6.45) is 1.06. The molecule has 0 unspecified atom stereocenters. The van der Waals surface area contributed by atoms with Gasteiger partial charge in [-0.1, -0.05) is 42.5 Å². The number of methoxy groups -OCH3 is 3. The average molecular weight is 526 g/mol. The normalized spacial score (nSPS) is 18.6. The zero-order valence-electron chi connectivity index (χ0n) is 22.3. The summed E-state index contributed by atoms with van der Waals surface area (Å²) in [7, 11) is 4.83. The molecule has 3 heterocycles. The van der Waals surface area contributed by atoms with Crippen molar-refractivity contribution in [3.05, 3.63) is 89.1 Å². The summed E-state index contributed by atoms with van der Waals surface area (Å²) >= 11 is 0. The van der Waals surface area contributed by atoms with Crippen LogP contribution in [0.25, 0.3) is 10.9 Å². The molecule has 1 N–H and O–H groups in total. The Balaban J connectivity index is 1.36. The van der Waals surface area contributed by atoms with Crippen LogP contribution in [0.15, 0.2) is 66.7 Å². The van der Waals surface area contributed by atoms with E-state index in [-0.39, 0.29) is 18.4 Å². The minimum Gasteiger partial charge on any atom is -0.496 e. The Morgan fingerprint density at radius 2 is 1.62 bits per heavy atom. The van der Waals surface area contributed by atoms with E-state index in [0.717, 1.165) is 33.3 Å². The van der Waals surface area contributed by atoms with Crippen LogP contribution in [0.3, 0.4) is 0 Å². The highest BCUT2D eigenvalue weighted by atomic mass is 16.5. The van der Waals surface area contributed by atoms with Crippen molar-refractivity contribution < 1.29 is 23.8 Å². The molecule has 2 aliphatic heterocycles. The molecule has 2 aliphatic rings. The highest BCUT2D eigenvalue weighted by Gasteiger charge is 2.48. The summed E-state index contributed by atoms with van der Waals surface area (Å²) in [4.78, 5) is 34.9. The predicted octanol–water partition coefficient (Wildman–Crippen LogP) is 4.12. The van der Waals surface area contributed by atoms with Crippen molar-refractivity contribution in [1.29, 1.82) is 0 Å². The average Bonchev–Trinajstić information content (AvgIpc) is 3.35. The van der Waals surface area contributed by atoms with Gasteiger partial charge in [-0.25, -0.2) is 0 Å². The number of ether oxygens (including phenoxy) is 3. The van der Waals surface area contributed by atoms with Gasteiger partial charge in [0.2, 0.25) is 11.8 Å². The number of piperazine rings is 1. The minimum atomic E-state index is -0.599. The summed E-state index contributed by atoms with van der Waals surface area (Å²) in [5.41, 5.74) is 4.87. The molecule has 2 amide bonds. The van der Waals surface area contributed by atoms with Crippen LogP contribution in [0.4, 0.5) is 0 Å². The number of carbonyl (C=O) groups excluding carboxylic acids is 2. The molecule has 0 spiro atoms. The molecule has 4 aromatic rings. The first kappa shape index (κ1) is 24.9. The van der Waals surface area contributed by atoms with Gasteiger partial charge in [0.15, 0.2) is 11.5 Å². The summed E-state index contributed by atoms with van der Waals surface area (Å²) in [5.74, 6) is 1.86. The number of hydrogen-bond donors (Lipinski definition) is 1. The van der Waals surface area contributed by atoms with Crippen LogP contribution in [0, 0.1) is 0 Å². The van der Waals surface area contributed by atoms with Crippen molar-refractivity contribution >= 4 is 22.7 Å². The Morgan fingerprint density at radius 3 is 2.41 bits per heavy atom. The third-order valence-electron chi connectivity index (χ3n) is 7.89. The molecule has 0 aliphatic carbocycles. The maximum atomic E-state index is 14.0. The second-order valence-corrected chi connectivity index (χ2v) is 9.93. The maximum Gasteiger partial charge on any atom is 0.246 e. The number of nitrogens with one attached hydrogen (secondary N) is 1. The van der Waals surface area contributed by atoms with E-state index in [2.05, 4.69) is 11.1 Å². The van der Waals surface area contributed by atoms with Crippen molar-refractivity contribution in [2.45, 2.75) is 24.9 Å². The van der Waals surface area contributed by atoms with Crippen LogP contribution in [-0.4, -0.2) is 67.1 Å². The SMILES string of the molecule is COc1ccc(CCN2CC(=O)N3[C@@H](c4ccccc4OC)c4[nH]c5ccccc5c4C[C@H]3C2=O)cc1OC. The number of amides is 2. The Labute approximate surface area is 227 Å². The van der Waals surface area contributed by atoms with E-state index < -0.39 is 12.1 Å². The number of aromatic nitrogens is 1. The van der Waals surface area contributed by atoms with Crippen LogP contribution in [-0.2, 0) is 22.4 Å². The number of H-pyrrole nitrogens is 1. The number of rotatable bonds is 7. The summed E-state index contributed by atoms with van der Waals surface area (Å²) < 4.78 is 16.5. The fourth-order valence-corrected chi connectivity index (χ4v) is 6.03. The number of hydrogen-bond acceptors (Lipinski definition) is 5. The summed E-state index contributed by atoms with van der Waals surface area (Å²) in [6.45, 7) is 0.467. The second-order valence-electron chi connectivity index (χ2n) is 9.93. The van der Waals surface area contributed by atoms with Gasteiger partial charge in [-0.15, -0.1) is 0 Å². The third-order valence-corrected chi connectivity index (χ3v) is 7.89. The van der Waals surface area contributed by atoms with Gasteiger partial charge < -0.3 is 29.0 Å². The van der Waals surface area contributed by atoms with Crippen molar-refractivity contribution in [2.24, 2.45) is 0 Å². The molecule has 39 heavy (non-hydrogen) atoms. The van der Waals surface area contributed by atoms with Gasteiger partial charge in [0, 0.05) is 35.1 Å². The fourth-order valence-electron chi connectivity index (χ4n) is 6.03. The van der Waals surface area contributed by atoms with Gasteiger partial charge >= 0.3 is 0 Å². The van der Waals surface area contributed by atoms with E-state index >= 15 is 0 Å². The molecule has 1 saturated heterocycles. The van der Waals surface area contributed by atoms with Crippen LogP contribution >= 0.6 is 0 Å². The van der Waals surface area contributed by atoms with E-state index in [0.29, 0.717) is 36.6 Å². The lowest BCUT2D eigenvalue weighted by molar-refractivity contribution is -0.158. The van der Waals surface area contributed by atoms with E-state index in [1.165, 1.54) is 0 Å². The number of carbonyl (C=O) groups is 2.